The van der Waals surface area contributed by atoms with E-state index in [2.05, 4.69) is 27.4 Å². The van der Waals surface area contributed by atoms with E-state index in [0.29, 0.717) is 0 Å². The predicted octanol–water partition coefficient (Wildman–Crippen LogP) is 7.61. The first kappa shape index (κ1) is 24.2. The van der Waals surface area contributed by atoms with Crippen molar-refractivity contribution in [2.24, 2.45) is 5.92 Å². The van der Waals surface area contributed by atoms with Crippen LogP contribution in [0.1, 0.15) is 117 Å². The van der Waals surface area contributed by atoms with Crippen LogP contribution in [0.5, 0.6) is 0 Å². The number of carbonyl (C=O) groups excluding carboxylic acids is 1. The Bertz CT molecular complexity index is 309. The van der Waals surface area contributed by atoms with Crippen molar-refractivity contribution in [3.05, 3.63) is 12.7 Å². The molecule has 0 aromatic rings. The number of hydrogen-bond donors (Lipinski definition) is 0. The summed E-state index contributed by atoms with van der Waals surface area (Å²) in [7, 11) is 0. The van der Waals surface area contributed by atoms with Crippen LogP contribution < -0.4 is 0 Å². The van der Waals surface area contributed by atoms with Crippen molar-refractivity contribution in [3.63, 3.8) is 0 Å². The molecule has 0 bridgehead atoms. The Hall–Kier alpha value is -0.790. The van der Waals surface area contributed by atoms with Gasteiger partial charge in [0, 0.05) is 6.08 Å². The van der Waals surface area contributed by atoms with Crippen molar-refractivity contribution in [1.82, 2.24) is 0 Å². The lowest BCUT2D eigenvalue weighted by molar-refractivity contribution is -0.143. The summed E-state index contributed by atoms with van der Waals surface area (Å²) < 4.78 is 5.55. The van der Waals surface area contributed by atoms with Crippen LogP contribution in [0.15, 0.2) is 12.7 Å². The van der Waals surface area contributed by atoms with E-state index < -0.39 is 0 Å². The lowest BCUT2D eigenvalue weighted by Crippen LogP contribution is -2.17. The van der Waals surface area contributed by atoms with E-state index in [-0.39, 0.29) is 12.1 Å². The molecule has 2 nitrogen and oxygen atoms in total. The van der Waals surface area contributed by atoms with Gasteiger partial charge in [0.1, 0.15) is 6.10 Å². The van der Waals surface area contributed by atoms with Crippen LogP contribution in [0.2, 0.25) is 0 Å². The molecule has 0 fully saturated rings. The molecule has 0 rings (SSSR count). The van der Waals surface area contributed by atoms with Gasteiger partial charge >= 0.3 is 5.97 Å². The fraction of sp³-hybridized carbons (Fsp3) is 0.870. The molecular weight excluding hydrogens is 308 g/mol. The molecule has 1 atom stereocenters. The molecule has 0 aromatic carbocycles. The summed E-state index contributed by atoms with van der Waals surface area (Å²) in [5, 5.41) is 0. The van der Waals surface area contributed by atoms with Crippen LogP contribution >= 0.6 is 0 Å². The topological polar surface area (TPSA) is 26.3 Å². The summed E-state index contributed by atoms with van der Waals surface area (Å²) in [4.78, 5) is 11.5. The third kappa shape index (κ3) is 17.8. The Balaban J connectivity index is 3.78. The number of esters is 1. The summed E-state index contributed by atoms with van der Waals surface area (Å²) in [6.45, 7) is 10.4. The van der Waals surface area contributed by atoms with E-state index in [1.807, 2.05) is 0 Å². The van der Waals surface area contributed by atoms with Crippen molar-refractivity contribution >= 4 is 5.97 Å². The van der Waals surface area contributed by atoms with Crippen LogP contribution in [-0.2, 0) is 9.53 Å². The third-order valence-electron chi connectivity index (χ3n) is 4.89. The number of carbonyl (C=O) groups is 1. The monoisotopic (exact) mass is 352 g/mol. The van der Waals surface area contributed by atoms with Gasteiger partial charge in [0.15, 0.2) is 0 Å². The summed E-state index contributed by atoms with van der Waals surface area (Å²) >= 11 is 0. The van der Waals surface area contributed by atoms with Gasteiger partial charge in [-0.3, -0.25) is 0 Å². The Labute approximate surface area is 157 Å². The van der Waals surface area contributed by atoms with Gasteiger partial charge in [-0.25, -0.2) is 4.79 Å². The molecule has 0 radical (unpaired) electrons. The maximum Gasteiger partial charge on any atom is 0.330 e. The average molecular weight is 353 g/mol. The van der Waals surface area contributed by atoms with Gasteiger partial charge in [0.05, 0.1) is 0 Å². The first-order valence-electron chi connectivity index (χ1n) is 10.9. The highest BCUT2D eigenvalue weighted by atomic mass is 16.5. The summed E-state index contributed by atoms with van der Waals surface area (Å²) in [5.74, 6) is 0.549. The minimum absolute atomic E-state index is 0.0932. The Morgan fingerprint density at radius 1 is 0.800 bits per heavy atom. The molecule has 1 unspecified atom stereocenters. The zero-order valence-corrected chi connectivity index (χ0v) is 17.4. The molecule has 0 amide bonds. The van der Waals surface area contributed by atoms with Crippen LogP contribution in [0.25, 0.3) is 0 Å². The summed E-state index contributed by atoms with van der Waals surface area (Å²) in [6, 6.07) is 0. The molecule has 0 N–H and O–H groups in total. The fourth-order valence-electron chi connectivity index (χ4n) is 3.26. The molecule has 0 aliphatic rings. The van der Waals surface area contributed by atoms with Crippen LogP contribution in [0.3, 0.4) is 0 Å². The summed E-state index contributed by atoms with van der Waals surface area (Å²) in [5.41, 5.74) is 0. The highest BCUT2D eigenvalue weighted by Crippen LogP contribution is 2.17. The Morgan fingerprint density at radius 3 is 1.68 bits per heavy atom. The molecule has 0 aromatic heterocycles. The normalized spacial score (nSPS) is 12.3. The molecular formula is C23H44O2. The Kier molecular flexibility index (Phi) is 17.4. The number of unbranched alkanes of at least 4 members (excludes halogenated alkanes) is 10. The van der Waals surface area contributed by atoms with Crippen molar-refractivity contribution < 1.29 is 9.53 Å². The van der Waals surface area contributed by atoms with Gasteiger partial charge < -0.3 is 4.74 Å². The first-order valence-corrected chi connectivity index (χ1v) is 10.9. The second-order valence-electron chi connectivity index (χ2n) is 7.91. The summed E-state index contributed by atoms with van der Waals surface area (Å²) in [6.07, 6.45) is 20.4. The van der Waals surface area contributed by atoms with Gasteiger partial charge in [-0.05, 0) is 31.6 Å². The van der Waals surface area contributed by atoms with E-state index in [0.717, 1.165) is 18.8 Å². The standard InChI is InChI=1S/C23H44O2/c1-5-7-8-9-10-11-12-16-19-22(25-23(24)6-2)20-17-14-13-15-18-21(3)4/h6,21-22H,2,5,7-20H2,1,3-4H3. The van der Waals surface area contributed by atoms with E-state index >= 15 is 0 Å². The molecule has 0 saturated carbocycles. The van der Waals surface area contributed by atoms with Crippen molar-refractivity contribution in [1.29, 1.82) is 0 Å². The highest BCUT2D eigenvalue weighted by Gasteiger charge is 2.12. The van der Waals surface area contributed by atoms with Gasteiger partial charge in [0.25, 0.3) is 0 Å². The number of hydrogen-bond acceptors (Lipinski definition) is 2. The minimum Gasteiger partial charge on any atom is -0.459 e. The predicted molar refractivity (Wildman–Crippen MR) is 110 cm³/mol. The third-order valence-corrected chi connectivity index (χ3v) is 4.89. The largest absolute Gasteiger partial charge is 0.459 e. The van der Waals surface area contributed by atoms with Crippen LogP contribution in [0, 0.1) is 5.92 Å². The van der Waals surface area contributed by atoms with Gasteiger partial charge in [-0.1, -0.05) is 98.0 Å². The van der Waals surface area contributed by atoms with Gasteiger partial charge in [-0.2, -0.15) is 0 Å². The molecule has 0 aliphatic heterocycles. The second kappa shape index (κ2) is 18.0. The van der Waals surface area contributed by atoms with Crippen molar-refractivity contribution in [2.45, 2.75) is 123 Å². The fourth-order valence-corrected chi connectivity index (χ4v) is 3.26. The molecule has 148 valence electrons. The zero-order valence-electron chi connectivity index (χ0n) is 17.4. The lowest BCUT2D eigenvalue weighted by Gasteiger charge is -2.17. The number of ether oxygens (including phenoxy) is 1. The Morgan fingerprint density at radius 2 is 1.24 bits per heavy atom. The quantitative estimate of drug-likeness (QED) is 0.144. The van der Waals surface area contributed by atoms with Crippen molar-refractivity contribution in [3.8, 4) is 0 Å². The average Bonchev–Trinajstić information content (AvgIpc) is 2.59. The van der Waals surface area contributed by atoms with Gasteiger partial charge in [-0.15, -0.1) is 0 Å². The molecule has 0 aliphatic carbocycles. The van der Waals surface area contributed by atoms with E-state index in [4.69, 9.17) is 4.74 Å². The number of rotatable bonds is 18. The first-order chi connectivity index (χ1) is 12.1. The van der Waals surface area contributed by atoms with E-state index in [9.17, 15) is 4.79 Å². The molecule has 25 heavy (non-hydrogen) atoms. The minimum atomic E-state index is -0.260. The van der Waals surface area contributed by atoms with E-state index in [1.54, 1.807) is 0 Å². The van der Waals surface area contributed by atoms with E-state index in [1.165, 1.54) is 89.5 Å². The maximum absolute atomic E-state index is 11.5. The second-order valence-corrected chi connectivity index (χ2v) is 7.91. The lowest BCUT2D eigenvalue weighted by atomic mass is 10.0. The zero-order chi connectivity index (χ0) is 18.8. The molecule has 0 saturated heterocycles. The smallest absolute Gasteiger partial charge is 0.330 e. The maximum atomic E-state index is 11.5. The molecule has 0 spiro atoms. The highest BCUT2D eigenvalue weighted by molar-refractivity contribution is 5.81. The van der Waals surface area contributed by atoms with Gasteiger partial charge in [0.2, 0.25) is 0 Å². The SMILES string of the molecule is C=CC(=O)OC(CCCCCCCCCC)CCCCCCC(C)C. The van der Waals surface area contributed by atoms with Crippen molar-refractivity contribution in [2.75, 3.05) is 0 Å². The molecule has 0 heterocycles. The van der Waals surface area contributed by atoms with Crippen LogP contribution in [0.4, 0.5) is 0 Å². The van der Waals surface area contributed by atoms with Crippen LogP contribution in [-0.4, -0.2) is 12.1 Å². The molecule has 2 heteroatoms.